The van der Waals surface area contributed by atoms with Gasteiger partial charge in [-0.25, -0.2) is 4.79 Å². The molecule has 1 aliphatic rings. The normalized spacial score (nSPS) is 13.7. The summed E-state index contributed by atoms with van der Waals surface area (Å²) in [6, 6.07) is 12.5. The average molecular weight is 401 g/mol. The minimum atomic E-state index is -0.246. The van der Waals surface area contributed by atoms with Gasteiger partial charge >= 0.3 is 12.0 Å². The second-order valence-corrected chi connectivity index (χ2v) is 6.81. The summed E-state index contributed by atoms with van der Waals surface area (Å²) in [6.45, 7) is 1.07. The van der Waals surface area contributed by atoms with Crippen LogP contribution in [0.25, 0.3) is 0 Å². The first-order chi connectivity index (χ1) is 13.4. The van der Waals surface area contributed by atoms with Crippen LogP contribution in [-0.2, 0) is 16.0 Å². The molecule has 1 saturated heterocycles. The molecule has 0 atom stereocenters. The molecule has 1 aliphatic heterocycles. The minimum absolute atomic E-state index is 0.113. The standard InChI is InChI=1S/C20H21ClN4O3/c1-28-18(26)9-4-13-2-5-14(6-3-13)24-10-11-25(20(24)27)15-7-8-16(19(22)23)17(21)12-15/h2-3,5-8,12H,4,9-11H2,1H3,(H3,22,23). The SMILES string of the molecule is COC(=O)CCc1ccc(N2CCN(c3ccc(C(=N)N)c(Cl)c3)C2=O)cc1. The van der Waals surface area contributed by atoms with E-state index in [-0.39, 0.29) is 17.8 Å². The number of amidine groups is 1. The fourth-order valence-electron chi connectivity index (χ4n) is 3.10. The van der Waals surface area contributed by atoms with Gasteiger partial charge in [0.1, 0.15) is 5.84 Å². The van der Waals surface area contributed by atoms with E-state index in [9.17, 15) is 9.59 Å². The Morgan fingerprint density at radius 3 is 2.32 bits per heavy atom. The first kappa shape index (κ1) is 19.7. The van der Waals surface area contributed by atoms with Crippen LogP contribution in [0.3, 0.4) is 0 Å². The number of esters is 1. The number of urea groups is 1. The lowest BCUT2D eigenvalue weighted by molar-refractivity contribution is -0.140. The van der Waals surface area contributed by atoms with Crippen molar-refractivity contribution < 1.29 is 14.3 Å². The number of nitrogens with one attached hydrogen (secondary N) is 1. The third-order valence-electron chi connectivity index (χ3n) is 4.66. The third-order valence-corrected chi connectivity index (χ3v) is 4.97. The van der Waals surface area contributed by atoms with Gasteiger partial charge in [-0.3, -0.25) is 20.0 Å². The molecule has 1 heterocycles. The molecular weight excluding hydrogens is 380 g/mol. The quantitative estimate of drug-likeness (QED) is 0.442. The maximum absolute atomic E-state index is 12.9. The van der Waals surface area contributed by atoms with E-state index >= 15 is 0 Å². The lowest BCUT2D eigenvalue weighted by Crippen LogP contribution is -2.31. The molecule has 0 unspecified atom stereocenters. The van der Waals surface area contributed by atoms with E-state index in [4.69, 9.17) is 22.7 Å². The summed E-state index contributed by atoms with van der Waals surface area (Å²) < 4.78 is 4.65. The zero-order valence-corrected chi connectivity index (χ0v) is 16.2. The van der Waals surface area contributed by atoms with Gasteiger partial charge in [0, 0.05) is 36.4 Å². The number of hydrogen-bond acceptors (Lipinski definition) is 4. The Morgan fingerprint density at radius 2 is 1.75 bits per heavy atom. The number of aryl methyl sites for hydroxylation is 1. The van der Waals surface area contributed by atoms with E-state index in [0.29, 0.717) is 42.2 Å². The molecule has 0 spiro atoms. The Morgan fingerprint density at radius 1 is 1.14 bits per heavy atom. The zero-order valence-electron chi connectivity index (χ0n) is 15.4. The van der Waals surface area contributed by atoms with Crippen LogP contribution in [0.5, 0.6) is 0 Å². The molecule has 2 amide bonds. The number of nitrogen functional groups attached to an aromatic ring is 1. The van der Waals surface area contributed by atoms with Crippen LogP contribution >= 0.6 is 11.6 Å². The molecule has 1 fully saturated rings. The fraction of sp³-hybridized carbons (Fsp3) is 0.250. The summed E-state index contributed by atoms with van der Waals surface area (Å²) in [7, 11) is 1.37. The summed E-state index contributed by atoms with van der Waals surface area (Å²) in [5, 5.41) is 7.84. The Labute approximate surface area is 168 Å². The lowest BCUT2D eigenvalue weighted by Gasteiger charge is -2.19. The highest BCUT2D eigenvalue weighted by Gasteiger charge is 2.31. The number of carbonyl (C=O) groups excluding carboxylic acids is 2. The Bertz CT molecular complexity index is 914. The van der Waals surface area contributed by atoms with Gasteiger partial charge in [0.2, 0.25) is 0 Å². The van der Waals surface area contributed by atoms with E-state index in [2.05, 4.69) is 4.74 Å². The number of amides is 2. The van der Waals surface area contributed by atoms with Crippen molar-refractivity contribution in [1.29, 1.82) is 5.41 Å². The maximum Gasteiger partial charge on any atom is 0.329 e. The number of methoxy groups -OCH3 is 1. The molecule has 7 nitrogen and oxygen atoms in total. The molecule has 2 aromatic carbocycles. The smallest absolute Gasteiger partial charge is 0.329 e. The number of hydrogen-bond donors (Lipinski definition) is 2. The van der Waals surface area contributed by atoms with Gasteiger partial charge in [-0.2, -0.15) is 0 Å². The number of anilines is 2. The molecule has 0 radical (unpaired) electrons. The third kappa shape index (κ3) is 4.09. The fourth-order valence-corrected chi connectivity index (χ4v) is 3.37. The number of halogens is 1. The molecule has 3 rings (SSSR count). The predicted molar refractivity (Wildman–Crippen MR) is 109 cm³/mol. The highest BCUT2D eigenvalue weighted by Crippen LogP contribution is 2.29. The molecule has 0 bridgehead atoms. The lowest BCUT2D eigenvalue weighted by atomic mass is 10.1. The minimum Gasteiger partial charge on any atom is -0.469 e. The maximum atomic E-state index is 12.9. The highest BCUT2D eigenvalue weighted by molar-refractivity contribution is 6.34. The Balaban J connectivity index is 1.71. The van der Waals surface area contributed by atoms with Crippen molar-refractivity contribution >= 4 is 40.8 Å². The average Bonchev–Trinajstić information content (AvgIpc) is 3.07. The molecule has 8 heteroatoms. The summed E-state index contributed by atoms with van der Waals surface area (Å²) in [5.74, 6) is -0.359. The number of benzene rings is 2. The van der Waals surface area contributed by atoms with Crippen LogP contribution in [0.4, 0.5) is 16.2 Å². The van der Waals surface area contributed by atoms with Crippen LogP contribution in [0.1, 0.15) is 17.5 Å². The number of carbonyl (C=O) groups is 2. The second kappa shape index (κ2) is 8.31. The summed E-state index contributed by atoms with van der Waals surface area (Å²) >= 11 is 6.18. The van der Waals surface area contributed by atoms with Gasteiger partial charge in [0.15, 0.2) is 0 Å². The van der Waals surface area contributed by atoms with Crippen molar-refractivity contribution in [3.63, 3.8) is 0 Å². The molecule has 0 aromatic heterocycles. The van der Waals surface area contributed by atoms with Crippen molar-refractivity contribution in [1.82, 2.24) is 0 Å². The van der Waals surface area contributed by atoms with Gasteiger partial charge in [-0.1, -0.05) is 23.7 Å². The van der Waals surface area contributed by atoms with E-state index < -0.39 is 0 Å². The van der Waals surface area contributed by atoms with Crippen LogP contribution in [0.2, 0.25) is 5.02 Å². The van der Waals surface area contributed by atoms with Crippen LogP contribution in [0.15, 0.2) is 42.5 Å². The van der Waals surface area contributed by atoms with Gasteiger partial charge in [0.25, 0.3) is 0 Å². The van der Waals surface area contributed by atoms with Gasteiger partial charge in [0.05, 0.1) is 12.1 Å². The van der Waals surface area contributed by atoms with E-state index in [1.54, 1.807) is 28.0 Å². The molecule has 0 saturated carbocycles. The summed E-state index contributed by atoms with van der Waals surface area (Å²) in [5.41, 5.74) is 8.39. The molecule has 2 aromatic rings. The van der Waals surface area contributed by atoms with Crippen molar-refractivity contribution in [2.45, 2.75) is 12.8 Å². The zero-order chi connectivity index (χ0) is 20.3. The number of ether oxygens (including phenoxy) is 1. The predicted octanol–water partition coefficient (Wildman–Crippen LogP) is 3.18. The van der Waals surface area contributed by atoms with Crippen molar-refractivity contribution in [2.24, 2.45) is 5.73 Å². The molecule has 146 valence electrons. The second-order valence-electron chi connectivity index (χ2n) is 6.41. The van der Waals surface area contributed by atoms with Crippen molar-refractivity contribution in [3.8, 4) is 0 Å². The number of nitrogens with zero attached hydrogens (tertiary/aromatic N) is 2. The van der Waals surface area contributed by atoms with Crippen molar-refractivity contribution in [2.75, 3.05) is 30.0 Å². The number of rotatable bonds is 6. The molecule has 0 aliphatic carbocycles. The van der Waals surface area contributed by atoms with Gasteiger partial charge in [-0.15, -0.1) is 0 Å². The van der Waals surface area contributed by atoms with Crippen LogP contribution < -0.4 is 15.5 Å². The highest BCUT2D eigenvalue weighted by atomic mass is 35.5. The van der Waals surface area contributed by atoms with Crippen molar-refractivity contribution in [3.05, 3.63) is 58.6 Å². The topological polar surface area (TPSA) is 99.7 Å². The summed E-state index contributed by atoms with van der Waals surface area (Å²) in [4.78, 5) is 27.4. The first-order valence-corrected chi connectivity index (χ1v) is 9.17. The largest absolute Gasteiger partial charge is 0.469 e. The van der Waals surface area contributed by atoms with Gasteiger partial charge in [-0.05, 0) is 42.3 Å². The summed E-state index contributed by atoms with van der Waals surface area (Å²) in [6.07, 6.45) is 0.914. The van der Waals surface area contributed by atoms with E-state index in [0.717, 1.165) is 11.3 Å². The molecular formula is C20H21ClN4O3. The van der Waals surface area contributed by atoms with E-state index in [1.165, 1.54) is 7.11 Å². The molecule has 28 heavy (non-hydrogen) atoms. The first-order valence-electron chi connectivity index (χ1n) is 8.79. The van der Waals surface area contributed by atoms with E-state index in [1.807, 2.05) is 24.3 Å². The van der Waals surface area contributed by atoms with Crippen LogP contribution in [0, 0.1) is 5.41 Å². The monoisotopic (exact) mass is 400 g/mol. The van der Waals surface area contributed by atoms with Crippen LogP contribution in [-0.4, -0.2) is 38.0 Å². The molecule has 3 N–H and O–H groups in total. The van der Waals surface area contributed by atoms with Gasteiger partial charge < -0.3 is 10.5 Å². The Kier molecular flexibility index (Phi) is 5.84. The Hall–Kier alpha value is -3.06. The number of nitrogens with two attached hydrogens (primary N) is 1.